The van der Waals surface area contributed by atoms with Crippen LogP contribution < -0.4 is 9.64 Å². The Labute approximate surface area is 193 Å². The van der Waals surface area contributed by atoms with Gasteiger partial charge in [0.15, 0.2) is 11.6 Å². The van der Waals surface area contributed by atoms with Gasteiger partial charge in [-0.05, 0) is 42.8 Å². The number of carbonyl (C=O) groups excluding carboxylic acids is 2. The molecule has 1 aliphatic rings. The largest absolute Gasteiger partial charge is 0.507 e. The fourth-order valence-electron chi connectivity index (χ4n) is 3.90. The van der Waals surface area contributed by atoms with Crippen LogP contribution in [-0.4, -0.2) is 23.9 Å². The van der Waals surface area contributed by atoms with Gasteiger partial charge in [0.25, 0.3) is 11.7 Å². The number of hydrogen-bond donors (Lipinski definition) is 1. The number of Topliss-reactive ketones (excluding diaryl/α,β-unsaturated/α-hetero) is 1. The standard InChI is InChI=1S/C25H18ClF2NO4/c1-13-4-3-5-14(10-13)22-21(23(30)17-11-15(26)6-9-20(17)33-2)24(31)25(32)29(22)16-7-8-18(27)19(28)12-16/h3-12,22,30H,1-2H3/b23-21+. The van der Waals surface area contributed by atoms with Crippen molar-refractivity contribution in [3.8, 4) is 5.75 Å². The molecule has 1 N–H and O–H groups in total. The number of carbonyl (C=O) groups is 2. The summed E-state index contributed by atoms with van der Waals surface area (Å²) in [5, 5.41) is 11.5. The van der Waals surface area contributed by atoms with E-state index >= 15 is 0 Å². The summed E-state index contributed by atoms with van der Waals surface area (Å²) < 4.78 is 32.9. The van der Waals surface area contributed by atoms with Gasteiger partial charge in [0.05, 0.1) is 24.3 Å². The smallest absolute Gasteiger partial charge is 0.300 e. The first kappa shape index (κ1) is 22.5. The lowest BCUT2D eigenvalue weighted by molar-refractivity contribution is -0.132. The maximum atomic E-state index is 14.0. The second-order valence-electron chi connectivity index (χ2n) is 7.53. The molecule has 0 radical (unpaired) electrons. The Kier molecular flexibility index (Phi) is 5.91. The second kappa shape index (κ2) is 8.67. The molecule has 33 heavy (non-hydrogen) atoms. The molecule has 1 amide bonds. The fourth-order valence-corrected chi connectivity index (χ4v) is 4.07. The Morgan fingerprint density at radius 3 is 2.45 bits per heavy atom. The molecule has 3 aromatic carbocycles. The minimum Gasteiger partial charge on any atom is -0.507 e. The van der Waals surface area contributed by atoms with Crippen molar-refractivity contribution in [2.75, 3.05) is 12.0 Å². The molecule has 1 unspecified atom stereocenters. The predicted octanol–water partition coefficient (Wildman–Crippen LogP) is 5.56. The first-order chi connectivity index (χ1) is 15.7. The molecule has 8 heteroatoms. The van der Waals surface area contributed by atoms with Crippen LogP contribution in [0.1, 0.15) is 22.7 Å². The van der Waals surface area contributed by atoms with Gasteiger partial charge in [-0.3, -0.25) is 14.5 Å². The summed E-state index contributed by atoms with van der Waals surface area (Å²) in [6.07, 6.45) is 0. The number of hydrogen-bond acceptors (Lipinski definition) is 4. The van der Waals surface area contributed by atoms with E-state index in [1.807, 2.05) is 13.0 Å². The number of methoxy groups -OCH3 is 1. The number of ketones is 1. The van der Waals surface area contributed by atoms with Crippen LogP contribution in [0.25, 0.3) is 5.76 Å². The molecule has 0 aromatic heterocycles. The van der Waals surface area contributed by atoms with Crippen molar-refractivity contribution in [1.82, 2.24) is 0 Å². The molecule has 0 bridgehead atoms. The number of rotatable bonds is 4. The highest BCUT2D eigenvalue weighted by atomic mass is 35.5. The van der Waals surface area contributed by atoms with Gasteiger partial charge in [-0.15, -0.1) is 0 Å². The van der Waals surface area contributed by atoms with Crippen LogP contribution in [0.4, 0.5) is 14.5 Å². The molecule has 0 saturated carbocycles. The van der Waals surface area contributed by atoms with Gasteiger partial charge >= 0.3 is 0 Å². The quantitative estimate of drug-likeness (QED) is 0.308. The molecule has 1 saturated heterocycles. The van der Waals surface area contributed by atoms with Gasteiger partial charge in [0.2, 0.25) is 0 Å². The summed E-state index contributed by atoms with van der Waals surface area (Å²) in [5.74, 6) is -4.50. The van der Waals surface area contributed by atoms with E-state index < -0.39 is 35.1 Å². The lowest BCUT2D eigenvalue weighted by Gasteiger charge is -2.26. The average molecular weight is 470 g/mol. The van der Waals surface area contributed by atoms with Crippen molar-refractivity contribution in [2.45, 2.75) is 13.0 Å². The zero-order valence-electron chi connectivity index (χ0n) is 17.6. The van der Waals surface area contributed by atoms with Crippen molar-refractivity contribution in [3.05, 3.63) is 99.6 Å². The molecule has 1 aliphatic heterocycles. The minimum atomic E-state index is -1.17. The van der Waals surface area contributed by atoms with Gasteiger partial charge in [-0.25, -0.2) is 8.78 Å². The number of aliphatic hydroxyl groups excluding tert-OH is 1. The van der Waals surface area contributed by atoms with Crippen molar-refractivity contribution in [2.24, 2.45) is 0 Å². The van der Waals surface area contributed by atoms with E-state index in [2.05, 4.69) is 0 Å². The number of aryl methyl sites for hydroxylation is 1. The molecule has 1 heterocycles. The average Bonchev–Trinajstić information content (AvgIpc) is 3.06. The van der Waals surface area contributed by atoms with Gasteiger partial charge in [0, 0.05) is 16.8 Å². The maximum Gasteiger partial charge on any atom is 0.300 e. The summed E-state index contributed by atoms with van der Waals surface area (Å²) in [5.41, 5.74) is 1.20. The maximum absolute atomic E-state index is 14.0. The molecule has 0 aliphatic carbocycles. The van der Waals surface area contributed by atoms with Crippen molar-refractivity contribution < 1.29 is 28.2 Å². The predicted molar refractivity (Wildman–Crippen MR) is 120 cm³/mol. The number of halogens is 3. The van der Waals surface area contributed by atoms with E-state index in [4.69, 9.17) is 16.3 Å². The molecule has 1 atom stereocenters. The van der Waals surface area contributed by atoms with Crippen LogP contribution in [0.3, 0.4) is 0 Å². The third kappa shape index (κ3) is 3.96. The Bertz CT molecular complexity index is 1320. The molecular weight excluding hydrogens is 452 g/mol. The topological polar surface area (TPSA) is 66.8 Å². The van der Waals surface area contributed by atoms with E-state index in [0.717, 1.165) is 22.6 Å². The van der Waals surface area contributed by atoms with Crippen LogP contribution in [0.2, 0.25) is 5.02 Å². The third-order valence-electron chi connectivity index (χ3n) is 5.40. The van der Waals surface area contributed by atoms with E-state index in [-0.39, 0.29) is 27.6 Å². The zero-order chi connectivity index (χ0) is 23.9. The summed E-state index contributed by atoms with van der Waals surface area (Å²) in [6, 6.07) is 13.3. The second-order valence-corrected chi connectivity index (χ2v) is 7.96. The van der Waals surface area contributed by atoms with Crippen LogP contribution >= 0.6 is 11.6 Å². The van der Waals surface area contributed by atoms with E-state index in [1.165, 1.54) is 25.3 Å². The normalized spacial score (nSPS) is 17.5. The molecule has 0 spiro atoms. The number of anilines is 1. The molecular formula is C25H18ClF2NO4. The fraction of sp³-hybridized carbons (Fsp3) is 0.120. The van der Waals surface area contributed by atoms with E-state index in [9.17, 15) is 23.5 Å². The minimum absolute atomic E-state index is 0.0281. The summed E-state index contributed by atoms with van der Waals surface area (Å²) >= 11 is 6.09. The highest BCUT2D eigenvalue weighted by Crippen LogP contribution is 2.44. The highest BCUT2D eigenvalue weighted by molar-refractivity contribution is 6.51. The summed E-state index contributed by atoms with van der Waals surface area (Å²) in [6.45, 7) is 1.83. The Morgan fingerprint density at radius 2 is 1.79 bits per heavy atom. The van der Waals surface area contributed by atoms with Crippen LogP contribution in [0.5, 0.6) is 5.75 Å². The van der Waals surface area contributed by atoms with Gasteiger partial charge in [-0.2, -0.15) is 0 Å². The first-order valence-electron chi connectivity index (χ1n) is 9.89. The lowest BCUT2D eigenvalue weighted by Crippen LogP contribution is -2.29. The zero-order valence-corrected chi connectivity index (χ0v) is 18.4. The highest BCUT2D eigenvalue weighted by Gasteiger charge is 2.47. The van der Waals surface area contributed by atoms with Crippen LogP contribution in [0, 0.1) is 18.6 Å². The first-order valence-corrected chi connectivity index (χ1v) is 10.3. The lowest BCUT2D eigenvalue weighted by atomic mass is 9.94. The molecule has 5 nitrogen and oxygen atoms in total. The van der Waals surface area contributed by atoms with Crippen LogP contribution in [0.15, 0.2) is 66.2 Å². The number of aliphatic hydroxyl groups is 1. The number of ether oxygens (including phenoxy) is 1. The monoisotopic (exact) mass is 469 g/mol. The summed E-state index contributed by atoms with van der Waals surface area (Å²) in [4.78, 5) is 27.3. The van der Waals surface area contributed by atoms with Crippen molar-refractivity contribution >= 4 is 34.7 Å². The molecule has 168 valence electrons. The number of nitrogens with zero attached hydrogens (tertiary/aromatic N) is 1. The van der Waals surface area contributed by atoms with Gasteiger partial charge in [0.1, 0.15) is 11.5 Å². The van der Waals surface area contributed by atoms with Crippen molar-refractivity contribution in [1.29, 1.82) is 0 Å². The van der Waals surface area contributed by atoms with Crippen LogP contribution in [-0.2, 0) is 9.59 Å². The number of amides is 1. The van der Waals surface area contributed by atoms with E-state index in [1.54, 1.807) is 24.3 Å². The molecule has 1 fully saturated rings. The van der Waals surface area contributed by atoms with Gasteiger partial charge < -0.3 is 9.84 Å². The Hall–Kier alpha value is -3.71. The third-order valence-corrected chi connectivity index (χ3v) is 5.64. The number of benzene rings is 3. The van der Waals surface area contributed by atoms with Crippen molar-refractivity contribution in [3.63, 3.8) is 0 Å². The van der Waals surface area contributed by atoms with E-state index in [0.29, 0.717) is 5.56 Å². The SMILES string of the molecule is COc1ccc(Cl)cc1/C(O)=C1\C(=O)C(=O)N(c2ccc(F)c(F)c2)C1c1cccc(C)c1. The summed E-state index contributed by atoms with van der Waals surface area (Å²) in [7, 11) is 1.39. The molecule has 4 rings (SSSR count). The Balaban J connectivity index is 2.00. The Morgan fingerprint density at radius 1 is 1.03 bits per heavy atom. The molecule has 3 aromatic rings. The van der Waals surface area contributed by atoms with Gasteiger partial charge in [-0.1, -0.05) is 41.4 Å².